The first-order chi connectivity index (χ1) is 8.93. The summed E-state index contributed by atoms with van der Waals surface area (Å²) >= 11 is 0. The summed E-state index contributed by atoms with van der Waals surface area (Å²) in [7, 11) is 1.80. The van der Waals surface area contributed by atoms with Crippen LogP contribution in [0.5, 0.6) is 0 Å². The predicted molar refractivity (Wildman–Crippen MR) is 69.5 cm³/mol. The van der Waals surface area contributed by atoms with Gasteiger partial charge in [-0.3, -0.25) is 9.48 Å². The van der Waals surface area contributed by atoms with Gasteiger partial charge in [-0.15, -0.1) is 0 Å². The Kier molecular flexibility index (Phi) is 5.35. The van der Waals surface area contributed by atoms with Crippen LogP contribution in [0, 0.1) is 5.92 Å². The van der Waals surface area contributed by atoms with Crippen molar-refractivity contribution in [3.63, 3.8) is 0 Å². The minimum absolute atomic E-state index is 0.199. The molecule has 2 amide bonds. The van der Waals surface area contributed by atoms with E-state index in [1.807, 2.05) is 13.1 Å². The number of carbonyl (C=O) groups excluding carboxylic acids is 1. The number of urea groups is 1. The normalized spacial score (nSPS) is 11.9. The molecular weight excluding hydrogens is 248 g/mol. The Bertz CT molecular complexity index is 444. The van der Waals surface area contributed by atoms with Crippen LogP contribution >= 0.6 is 0 Å². The molecule has 1 rings (SSSR count). The van der Waals surface area contributed by atoms with Crippen molar-refractivity contribution in [1.29, 1.82) is 0 Å². The van der Waals surface area contributed by atoms with Crippen LogP contribution in [0.25, 0.3) is 0 Å². The molecule has 7 nitrogen and oxygen atoms in total. The molecule has 19 heavy (non-hydrogen) atoms. The molecule has 0 aliphatic heterocycles. The molecule has 0 bridgehead atoms. The molecule has 1 unspecified atom stereocenters. The van der Waals surface area contributed by atoms with E-state index in [4.69, 9.17) is 5.11 Å². The summed E-state index contributed by atoms with van der Waals surface area (Å²) in [6.45, 7) is 4.45. The number of hydrogen-bond acceptors (Lipinski definition) is 3. The fourth-order valence-corrected chi connectivity index (χ4v) is 1.62. The summed E-state index contributed by atoms with van der Waals surface area (Å²) in [5.41, 5.74) is 0.901. The van der Waals surface area contributed by atoms with Gasteiger partial charge >= 0.3 is 12.0 Å². The van der Waals surface area contributed by atoms with Crippen LogP contribution in [0.1, 0.15) is 19.4 Å². The van der Waals surface area contributed by atoms with Crippen molar-refractivity contribution in [2.24, 2.45) is 13.0 Å². The van der Waals surface area contributed by atoms with Gasteiger partial charge in [-0.05, 0) is 6.92 Å². The monoisotopic (exact) mass is 268 g/mol. The number of carbonyl (C=O) groups is 2. The third kappa shape index (κ3) is 4.61. The van der Waals surface area contributed by atoms with Crippen molar-refractivity contribution in [2.45, 2.75) is 20.4 Å². The van der Waals surface area contributed by atoms with E-state index in [9.17, 15) is 9.59 Å². The fourth-order valence-electron chi connectivity index (χ4n) is 1.62. The zero-order valence-corrected chi connectivity index (χ0v) is 11.5. The number of carboxylic acids is 1. The van der Waals surface area contributed by atoms with Crippen LogP contribution in [0.3, 0.4) is 0 Å². The second-order valence-corrected chi connectivity index (χ2v) is 4.46. The Labute approximate surface area is 112 Å². The number of nitrogens with zero attached hydrogens (tertiary/aromatic N) is 3. The minimum atomic E-state index is -0.904. The van der Waals surface area contributed by atoms with E-state index in [1.54, 1.807) is 24.9 Å². The van der Waals surface area contributed by atoms with Crippen molar-refractivity contribution >= 4 is 12.0 Å². The highest BCUT2D eigenvalue weighted by atomic mass is 16.4. The molecule has 0 saturated carbocycles. The van der Waals surface area contributed by atoms with E-state index < -0.39 is 11.9 Å². The van der Waals surface area contributed by atoms with Gasteiger partial charge in [-0.1, -0.05) is 6.92 Å². The van der Waals surface area contributed by atoms with Crippen LogP contribution in [0.4, 0.5) is 4.79 Å². The number of rotatable bonds is 6. The first kappa shape index (κ1) is 15.0. The maximum atomic E-state index is 11.9. The minimum Gasteiger partial charge on any atom is -0.481 e. The van der Waals surface area contributed by atoms with Crippen LogP contribution < -0.4 is 5.32 Å². The molecule has 2 N–H and O–H groups in total. The molecule has 0 spiro atoms. The Morgan fingerprint density at radius 2 is 2.26 bits per heavy atom. The van der Waals surface area contributed by atoms with Crippen LogP contribution in [0.2, 0.25) is 0 Å². The Morgan fingerprint density at radius 3 is 2.74 bits per heavy atom. The molecule has 106 valence electrons. The highest BCUT2D eigenvalue weighted by molar-refractivity contribution is 5.75. The zero-order valence-electron chi connectivity index (χ0n) is 11.5. The van der Waals surface area contributed by atoms with Gasteiger partial charge in [0.2, 0.25) is 0 Å². The van der Waals surface area contributed by atoms with Crippen LogP contribution in [0.15, 0.2) is 12.4 Å². The highest BCUT2D eigenvalue weighted by Gasteiger charge is 2.18. The first-order valence-corrected chi connectivity index (χ1v) is 6.17. The van der Waals surface area contributed by atoms with Crippen molar-refractivity contribution in [2.75, 3.05) is 13.1 Å². The molecular formula is C12H20N4O3. The maximum Gasteiger partial charge on any atom is 0.317 e. The summed E-state index contributed by atoms with van der Waals surface area (Å²) in [5.74, 6) is -1.48. The molecule has 0 radical (unpaired) electrons. The third-order valence-corrected chi connectivity index (χ3v) is 2.79. The number of aromatic nitrogens is 2. The van der Waals surface area contributed by atoms with Gasteiger partial charge in [0.1, 0.15) is 0 Å². The van der Waals surface area contributed by atoms with E-state index in [-0.39, 0.29) is 12.6 Å². The molecule has 0 fully saturated rings. The van der Waals surface area contributed by atoms with Gasteiger partial charge < -0.3 is 15.3 Å². The van der Waals surface area contributed by atoms with Gasteiger partial charge in [-0.2, -0.15) is 5.10 Å². The lowest BCUT2D eigenvalue weighted by Gasteiger charge is -2.23. The largest absolute Gasteiger partial charge is 0.481 e. The molecule has 1 aromatic rings. The molecule has 7 heteroatoms. The van der Waals surface area contributed by atoms with Crippen molar-refractivity contribution in [1.82, 2.24) is 20.0 Å². The second-order valence-electron chi connectivity index (χ2n) is 4.46. The molecule has 0 saturated heterocycles. The van der Waals surface area contributed by atoms with Gasteiger partial charge in [0.05, 0.1) is 12.1 Å². The number of nitrogens with one attached hydrogen (secondary N) is 1. The first-order valence-electron chi connectivity index (χ1n) is 6.17. The van der Waals surface area contributed by atoms with E-state index in [0.29, 0.717) is 13.1 Å². The SMILES string of the molecule is CCN(CC(C)C(=O)O)C(=O)NCc1cnn(C)c1. The van der Waals surface area contributed by atoms with Crippen LogP contribution in [-0.2, 0) is 18.4 Å². The summed E-state index contributed by atoms with van der Waals surface area (Å²) in [5, 5.41) is 15.6. The highest BCUT2D eigenvalue weighted by Crippen LogP contribution is 2.02. The Hall–Kier alpha value is -2.05. The van der Waals surface area contributed by atoms with Crippen LogP contribution in [-0.4, -0.2) is 44.9 Å². The van der Waals surface area contributed by atoms with Gasteiger partial charge in [0.25, 0.3) is 0 Å². The van der Waals surface area contributed by atoms with E-state index in [0.717, 1.165) is 5.56 Å². The smallest absolute Gasteiger partial charge is 0.317 e. The maximum absolute atomic E-state index is 11.9. The molecule has 0 aliphatic carbocycles. The van der Waals surface area contributed by atoms with Gasteiger partial charge in [0, 0.05) is 38.4 Å². The standard InChI is InChI=1S/C12H20N4O3/c1-4-16(7-9(2)11(17)18)12(19)13-5-10-6-14-15(3)8-10/h6,8-9H,4-5,7H2,1-3H3,(H,13,19)(H,17,18). The molecule has 1 heterocycles. The number of carboxylic acid groups (broad SMARTS) is 1. The molecule has 1 atom stereocenters. The van der Waals surface area contributed by atoms with Crippen molar-refractivity contribution < 1.29 is 14.7 Å². The molecule has 1 aromatic heterocycles. The zero-order chi connectivity index (χ0) is 14.4. The predicted octanol–water partition coefficient (Wildman–Crippen LogP) is 0.672. The lowest BCUT2D eigenvalue weighted by Crippen LogP contribution is -2.42. The summed E-state index contributed by atoms with van der Waals surface area (Å²) in [6.07, 6.45) is 3.49. The number of aliphatic carboxylic acids is 1. The van der Waals surface area contributed by atoms with Gasteiger partial charge in [-0.25, -0.2) is 4.79 Å². The van der Waals surface area contributed by atoms with E-state index >= 15 is 0 Å². The van der Waals surface area contributed by atoms with Crippen molar-refractivity contribution in [3.05, 3.63) is 18.0 Å². The molecule has 0 aromatic carbocycles. The quantitative estimate of drug-likeness (QED) is 0.794. The average Bonchev–Trinajstić information content (AvgIpc) is 2.78. The van der Waals surface area contributed by atoms with E-state index in [2.05, 4.69) is 10.4 Å². The topological polar surface area (TPSA) is 87.5 Å². The fraction of sp³-hybridized carbons (Fsp3) is 0.583. The van der Waals surface area contributed by atoms with Crippen molar-refractivity contribution in [3.8, 4) is 0 Å². The summed E-state index contributed by atoms with van der Waals surface area (Å²) in [4.78, 5) is 24.2. The lowest BCUT2D eigenvalue weighted by atomic mass is 10.2. The number of hydrogen-bond donors (Lipinski definition) is 2. The summed E-state index contributed by atoms with van der Waals surface area (Å²) in [6, 6.07) is -0.264. The second kappa shape index (κ2) is 6.77. The molecule has 0 aliphatic rings. The lowest BCUT2D eigenvalue weighted by molar-refractivity contribution is -0.141. The number of aryl methyl sites for hydroxylation is 1. The van der Waals surface area contributed by atoms with Gasteiger partial charge in [0.15, 0.2) is 0 Å². The Morgan fingerprint density at radius 1 is 1.58 bits per heavy atom. The average molecular weight is 268 g/mol. The Balaban J connectivity index is 2.47. The third-order valence-electron chi connectivity index (χ3n) is 2.79. The summed E-state index contributed by atoms with van der Waals surface area (Å²) < 4.78 is 1.66. The van der Waals surface area contributed by atoms with E-state index in [1.165, 1.54) is 4.90 Å². The number of amides is 2.